The lowest BCUT2D eigenvalue weighted by Gasteiger charge is -2.15. The molecule has 0 bridgehead atoms. The molecule has 1 N–H and O–H groups in total. The minimum absolute atomic E-state index is 0.341. The van der Waals surface area contributed by atoms with E-state index < -0.39 is 12.1 Å². The Hall–Kier alpha value is -3.11. The van der Waals surface area contributed by atoms with Gasteiger partial charge in [-0.1, -0.05) is 54.6 Å². The van der Waals surface area contributed by atoms with Crippen LogP contribution in [0.25, 0.3) is 11.1 Å². The van der Waals surface area contributed by atoms with E-state index >= 15 is 0 Å². The molecule has 3 aromatic rings. The smallest absolute Gasteiger partial charge is 0.333 e. The lowest BCUT2D eigenvalue weighted by Crippen LogP contribution is -2.26. The molecule has 2 unspecified atom stereocenters. The van der Waals surface area contributed by atoms with Gasteiger partial charge in [0.15, 0.2) is 6.10 Å². The minimum atomic E-state index is -0.936. The summed E-state index contributed by atoms with van der Waals surface area (Å²) in [6.07, 6.45) is 0.432. The lowest BCUT2D eigenvalue weighted by molar-refractivity contribution is -0.149. The molecule has 0 aromatic heterocycles. The van der Waals surface area contributed by atoms with E-state index in [-0.39, 0.29) is 0 Å². The van der Waals surface area contributed by atoms with E-state index in [4.69, 9.17) is 9.47 Å². The summed E-state index contributed by atoms with van der Waals surface area (Å²) in [6.45, 7) is 4.97. The van der Waals surface area contributed by atoms with Gasteiger partial charge in [-0.25, -0.2) is 4.79 Å². The third kappa shape index (κ3) is 4.49. The highest BCUT2D eigenvalue weighted by Gasteiger charge is 2.29. The van der Waals surface area contributed by atoms with Gasteiger partial charge in [0, 0.05) is 18.9 Å². The van der Waals surface area contributed by atoms with E-state index in [1.165, 1.54) is 27.8 Å². The maximum absolute atomic E-state index is 11.3. The molecule has 31 heavy (non-hydrogen) atoms. The van der Waals surface area contributed by atoms with Crippen molar-refractivity contribution in [3.8, 4) is 16.9 Å². The van der Waals surface area contributed by atoms with E-state index in [2.05, 4.69) is 49.4 Å². The number of hydrogen-bond donors (Lipinski definition) is 1. The van der Waals surface area contributed by atoms with Gasteiger partial charge < -0.3 is 14.6 Å². The molecule has 0 saturated carbocycles. The van der Waals surface area contributed by atoms with Gasteiger partial charge in [-0.15, -0.1) is 0 Å². The van der Waals surface area contributed by atoms with Gasteiger partial charge in [0.25, 0.3) is 0 Å². The zero-order chi connectivity index (χ0) is 21.8. The van der Waals surface area contributed by atoms with Crippen LogP contribution >= 0.6 is 0 Å². The van der Waals surface area contributed by atoms with Crippen LogP contribution in [0.15, 0.2) is 66.7 Å². The second kappa shape index (κ2) is 9.36. The summed E-state index contributed by atoms with van der Waals surface area (Å²) in [5, 5.41) is 9.25. The van der Waals surface area contributed by atoms with Gasteiger partial charge in [0.1, 0.15) is 5.75 Å². The van der Waals surface area contributed by atoms with Crippen LogP contribution < -0.4 is 4.74 Å². The summed E-state index contributed by atoms with van der Waals surface area (Å²) in [7, 11) is 0. The van der Waals surface area contributed by atoms with Crippen molar-refractivity contribution in [2.24, 2.45) is 0 Å². The highest BCUT2D eigenvalue weighted by molar-refractivity contribution is 5.81. The summed E-state index contributed by atoms with van der Waals surface area (Å²) < 4.78 is 11.3. The van der Waals surface area contributed by atoms with E-state index in [1.54, 1.807) is 6.92 Å². The zero-order valence-corrected chi connectivity index (χ0v) is 18.0. The largest absolute Gasteiger partial charge is 0.494 e. The molecule has 3 aromatic carbocycles. The number of aliphatic carboxylic acids is 1. The van der Waals surface area contributed by atoms with Crippen molar-refractivity contribution in [1.29, 1.82) is 0 Å². The average molecular weight is 417 g/mol. The van der Waals surface area contributed by atoms with Gasteiger partial charge in [-0.3, -0.25) is 0 Å². The molecular weight excluding hydrogens is 388 g/mol. The first-order valence-electron chi connectivity index (χ1n) is 10.8. The van der Waals surface area contributed by atoms with Gasteiger partial charge in [-0.05, 0) is 65.8 Å². The molecule has 160 valence electrons. The number of carboxylic acid groups (broad SMARTS) is 1. The first-order chi connectivity index (χ1) is 15.1. The molecule has 0 spiro atoms. The third-order valence-electron chi connectivity index (χ3n) is 5.95. The summed E-state index contributed by atoms with van der Waals surface area (Å²) in [5.74, 6) is 0.199. The van der Waals surface area contributed by atoms with Crippen LogP contribution in [0.2, 0.25) is 0 Å². The maximum Gasteiger partial charge on any atom is 0.333 e. The molecule has 0 amide bonds. The second-order valence-corrected chi connectivity index (χ2v) is 7.95. The standard InChI is InChI=1S/C27H28O4/c1-3-30-25(27(28)29)17-19-11-13-20(14-12-19)31-16-15-22-21-8-4-5-9-23(21)26-18(2)7-6-10-24(22)26/h4-14,22,25H,3,15-17H2,1-2H3,(H,28,29). The predicted octanol–water partition coefficient (Wildman–Crippen LogP) is 5.61. The Morgan fingerprint density at radius 3 is 2.48 bits per heavy atom. The van der Waals surface area contributed by atoms with Crippen molar-refractivity contribution in [1.82, 2.24) is 0 Å². The molecule has 0 fully saturated rings. The minimum Gasteiger partial charge on any atom is -0.494 e. The molecule has 1 aliphatic rings. The highest BCUT2D eigenvalue weighted by Crippen LogP contribution is 2.47. The molecule has 2 atom stereocenters. The van der Waals surface area contributed by atoms with E-state index in [0.29, 0.717) is 25.6 Å². The van der Waals surface area contributed by atoms with Gasteiger partial charge in [0.05, 0.1) is 6.61 Å². The van der Waals surface area contributed by atoms with Crippen LogP contribution in [0.4, 0.5) is 0 Å². The van der Waals surface area contributed by atoms with Crippen LogP contribution in [-0.4, -0.2) is 30.4 Å². The number of carbonyl (C=O) groups is 1. The first-order valence-corrected chi connectivity index (χ1v) is 10.8. The van der Waals surface area contributed by atoms with Crippen LogP contribution in [0.5, 0.6) is 5.75 Å². The number of ether oxygens (including phenoxy) is 2. The van der Waals surface area contributed by atoms with Crippen molar-refractivity contribution in [2.75, 3.05) is 13.2 Å². The van der Waals surface area contributed by atoms with E-state index in [1.807, 2.05) is 24.3 Å². The molecule has 1 aliphatic carbocycles. The first kappa shape index (κ1) is 21.1. The van der Waals surface area contributed by atoms with Gasteiger partial charge in [0.2, 0.25) is 0 Å². The molecule has 4 rings (SSSR count). The molecular formula is C27H28O4. The van der Waals surface area contributed by atoms with Crippen LogP contribution in [0.3, 0.4) is 0 Å². The van der Waals surface area contributed by atoms with E-state index in [9.17, 15) is 9.90 Å². The molecule has 0 saturated heterocycles. The lowest BCUT2D eigenvalue weighted by atomic mass is 9.93. The van der Waals surface area contributed by atoms with Crippen LogP contribution in [0.1, 0.15) is 41.5 Å². The molecule has 0 heterocycles. The van der Waals surface area contributed by atoms with Crippen molar-refractivity contribution in [3.63, 3.8) is 0 Å². The Bertz CT molecular complexity index is 1060. The Labute approximate surface area is 183 Å². The van der Waals surface area contributed by atoms with Crippen molar-refractivity contribution >= 4 is 5.97 Å². The molecule has 4 nitrogen and oxygen atoms in total. The normalized spacial score (nSPS) is 15.2. The number of carboxylic acids is 1. The topological polar surface area (TPSA) is 55.8 Å². The summed E-state index contributed by atoms with van der Waals surface area (Å²) >= 11 is 0. The molecule has 0 radical (unpaired) electrons. The maximum atomic E-state index is 11.3. The Morgan fingerprint density at radius 1 is 1.00 bits per heavy atom. The van der Waals surface area contributed by atoms with E-state index in [0.717, 1.165) is 17.7 Å². The predicted molar refractivity (Wildman–Crippen MR) is 122 cm³/mol. The SMILES string of the molecule is CCOC(Cc1ccc(OCCC2c3ccccc3-c3c(C)cccc32)cc1)C(=O)O. The number of hydrogen-bond acceptors (Lipinski definition) is 3. The number of benzene rings is 3. The fraction of sp³-hybridized carbons (Fsp3) is 0.296. The third-order valence-corrected chi connectivity index (χ3v) is 5.95. The highest BCUT2D eigenvalue weighted by atomic mass is 16.5. The van der Waals surface area contributed by atoms with Gasteiger partial charge >= 0.3 is 5.97 Å². The fourth-order valence-electron chi connectivity index (χ4n) is 4.51. The molecule has 0 aliphatic heterocycles. The Balaban J connectivity index is 1.40. The number of fused-ring (bicyclic) bond motifs is 3. The van der Waals surface area contributed by atoms with Gasteiger partial charge in [-0.2, -0.15) is 0 Å². The van der Waals surface area contributed by atoms with Crippen molar-refractivity contribution in [2.45, 2.75) is 38.7 Å². The molecule has 4 heteroatoms. The summed E-state index contributed by atoms with van der Waals surface area (Å²) in [4.78, 5) is 11.3. The van der Waals surface area contributed by atoms with Crippen molar-refractivity contribution < 1.29 is 19.4 Å². The Kier molecular flexibility index (Phi) is 6.38. The average Bonchev–Trinajstić information content (AvgIpc) is 3.09. The van der Waals surface area contributed by atoms with Crippen LogP contribution in [0, 0.1) is 6.92 Å². The zero-order valence-electron chi connectivity index (χ0n) is 18.0. The fourth-order valence-corrected chi connectivity index (χ4v) is 4.51. The van der Waals surface area contributed by atoms with Crippen molar-refractivity contribution in [3.05, 3.63) is 89.0 Å². The summed E-state index contributed by atoms with van der Waals surface area (Å²) in [5.41, 5.74) is 7.71. The Morgan fingerprint density at radius 2 is 1.74 bits per heavy atom. The number of aryl methyl sites for hydroxylation is 1. The quantitative estimate of drug-likeness (QED) is 0.493. The second-order valence-electron chi connectivity index (χ2n) is 7.95. The summed E-state index contributed by atoms with van der Waals surface area (Å²) in [6, 6.07) is 22.8. The van der Waals surface area contributed by atoms with Crippen LogP contribution in [-0.2, 0) is 16.0 Å². The monoisotopic (exact) mass is 416 g/mol. The number of rotatable bonds is 9.